The zero-order chi connectivity index (χ0) is 13.8. The van der Waals surface area contributed by atoms with E-state index >= 15 is 0 Å². The van der Waals surface area contributed by atoms with Gasteiger partial charge in [-0.05, 0) is 12.5 Å². The van der Waals surface area contributed by atoms with E-state index in [1.54, 1.807) is 12.1 Å². The number of ether oxygens (including phenoxy) is 1. The summed E-state index contributed by atoms with van der Waals surface area (Å²) < 4.78 is 6.43. The summed E-state index contributed by atoms with van der Waals surface area (Å²) in [5.41, 5.74) is 0.661. The molecule has 7 nitrogen and oxygen atoms in total. The topological polar surface area (TPSA) is 97.5 Å². The van der Waals surface area contributed by atoms with E-state index in [9.17, 15) is 9.90 Å². The van der Waals surface area contributed by atoms with Gasteiger partial charge in [0.15, 0.2) is 5.65 Å². The third-order valence-corrected chi connectivity index (χ3v) is 2.77. The summed E-state index contributed by atoms with van der Waals surface area (Å²) in [7, 11) is 1.49. The van der Waals surface area contributed by atoms with Crippen molar-refractivity contribution in [1.82, 2.24) is 14.5 Å². The quantitative estimate of drug-likeness (QED) is 0.759. The first-order valence-corrected chi connectivity index (χ1v) is 5.85. The SMILES string of the molecule is COc1ccc2ncc(=O)n(CC[C@H](O)CO)c2n1. The van der Waals surface area contributed by atoms with Crippen LogP contribution in [0.15, 0.2) is 23.1 Å². The molecule has 0 aliphatic heterocycles. The fourth-order valence-corrected chi connectivity index (χ4v) is 1.72. The van der Waals surface area contributed by atoms with Gasteiger partial charge in [0.25, 0.3) is 5.56 Å². The Morgan fingerprint density at radius 2 is 2.26 bits per heavy atom. The van der Waals surface area contributed by atoms with E-state index < -0.39 is 6.10 Å². The lowest BCUT2D eigenvalue weighted by molar-refractivity contribution is 0.0846. The van der Waals surface area contributed by atoms with Crippen molar-refractivity contribution >= 4 is 11.2 Å². The molecule has 0 spiro atoms. The number of hydrogen-bond donors (Lipinski definition) is 2. The van der Waals surface area contributed by atoms with Gasteiger partial charge in [-0.1, -0.05) is 0 Å². The van der Waals surface area contributed by atoms with E-state index in [-0.39, 0.29) is 25.1 Å². The van der Waals surface area contributed by atoms with Crippen molar-refractivity contribution in [1.29, 1.82) is 0 Å². The lowest BCUT2D eigenvalue weighted by Gasteiger charge is -2.11. The number of nitrogens with zero attached hydrogens (tertiary/aromatic N) is 3. The maximum Gasteiger partial charge on any atom is 0.270 e. The van der Waals surface area contributed by atoms with Crippen molar-refractivity contribution in [3.63, 3.8) is 0 Å². The summed E-state index contributed by atoms with van der Waals surface area (Å²) in [6.45, 7) is -0.0890. The number of fused-ring (bicyclic) bond motifs is 1. The number of rotatable bonds is 5. The minimum absolute atomic E-state index is 0.250. The minimum Gasteiger partial charge on any atom is -0.481 e. The van der Waals surface area contributed by atoms with Gasteiger partial charge in [0.05, 0.1) is 26.0 Å². The molecule has 0 unspecified atom stereocenters. The molecule has 19 heavy (non-hydrogen) atoms. The molecule has 2 aromatic rings. The molecule has 0 aromatic carbocycles. The number of methoxy groups -OCH3 is 1. The molecule has 2 N–H and O–H groups in total. The highest BCUT2D eigenvalue weighted by Crippen LogP contribution is 2.13. The van der Waals surface area contributed by atoms with Gasteiger partial charge in [-0.2, -0.15) is 4.98 Å². The van der Waals surface area contributed by atoms with Crippen LogP contribution in [0.25, 0.3) is 11.2 Å². The van der Waals surface area contributed by atoms with Crippen LogP contribution in [0, 0.1) is 0 Å². The average Bonchev–Trinajstić information content (AvgIpc) is 2.45. The molecular formula is C12H15N3O4. The second-order valence-corrected chi connectivity index (χ2v) is 4.07. The van der Waals surface area contributed by atoms with Crippen molar-refractivity contribution in [3.8, 4) is 5.88 Å². The van der Waals surface area contributed by atoms with Crippen LogP contribution in [0.5, 0.6) is 5.88 Å². The zero-order valence-electron chi connectivity index (χ0n) is 10.5. The maximum absolute atomic E-state index is 11.8. The number of hydrogen-bond acceptors (Lipinski definition) is 6. The molecule has 0 fully saturated rings. The molecule has 1 atom stereocenters. The highest BCUT2D eigenvalue weighted by atomic mass is 16.5. The minimum atomic E-state index is -0.860. The molecule has 0 amide bonds. The van der Waals surface area contributed by atoms with Gasteiger partial charge in [-0.15, -0.1) is 0 Å². The summed E-state index contributed by atoms with van der Waals surface area (Å²) in [6, 6.07) is 3.37. The number of aliphatic hydroxyl groups is 2. The Hall–Kier alpha value is -1.99. The zero-order valence-corrected chi connectivity index (χ0v) is 10.5. The summed E-state index contributed by atoms with van der Waals surface area (Å²) >= 11 is 0. The lowest BCUT2D eigenvalue weighted by atomic mass is 10.2. The van der Waals surface area contributed by atoms with Crippen LogP contribution in [0.4, 0.5) is 0 Å². The fraction of sp³-hybridized carbons (Fsp3) is 0.417. The Morgan fingerprint density at radius 1 is 1.47 bits per heavy atom. The van der Waals surface area contributed by atoms with Crippen LogP contribution < -0.4 is 10.3 Å². The first kappa shape index (κ1) is 13.4. The molecule has 0 bridgehead atoms. The summed E-state index contributed by atoms with van der Waals surface area (Å²) in [5, 5.41) is 18.1. The van der Waals surface area contributed by atoms with Gasteiger partial charge in [0.2, 0.25) is 5.88 Å². The van der Waals surface area contributed by atoms with Gasteiger partial charge < -0.3 is 14.9 Å². The first-order chi connectivity index (χ1) is 9.15. The Balaban J connectivity index is 2.44. The summed E-state index contributed by atoms with van der Waals surface area (Å²) in [6.07, 6.45) is 0.608. The van der Waals surface area contributed by atoms with Crippen LogP contribution in [0.1, 0.15) is 6.42 Å². The van der Waals surface area contributed by atoms with Crippen molar-refractivity contribution in [2.24, 2.45) is 0 Å². The molecule has 0 aliphatic rings. The highest BCUT2D eigenvalue weighted by Gasteiger charge is 2.09. The summed E-state index contributed by atoms with van der Waals surface area (Å²) in [5.74, 6) is 0.386. The van der Waals surface area contributed by atoms with Crippen LogP contribution in [0.3, 0.4) is 0 Å². The van der Waals surface area contributed by atoms with Crippen LogP contribution in [-0.2, 0) is 6.54 Å². The molecular weight excluding hydrogens is 250 g/mol. The van der Waals surface area contributed by atoms with Crippen molar-refractivity contribution in [3.05, 3.63) is 28.7 Å². The number of pyridine rings is 1. The highest BCUT2D eigenvalue weighted by molar-refractivity contribution is 5.70. The molecule has 0 saturated heterocycles. The van der Waals surface area contributed by atoms with Crippen LogP contribution in [-0.4, -0.2) is 44.6 Å². The standard InChI is InChI=1S/C12H15N3O4/c1-19-10-3-2-9-12(14-10)15(11(18)6-13-9)5-4-8(17)7-16/h2-3,6,8,16-17H,4-5,7H2,1H3/t8-/m0/s1. The Kier molecular flexibility index (Phi) is 4.08. The van der Waals surface area contributed by atoms with E-state index in [1.807, 2.05) is 0 Å². The second kappa shape index (κ2) is 5.77. The molecule has 0 aliphatic carbocycles. The van der Waals surface area contributed by atoms with Crippen molar-refractivity contribution < 1.29 is 14.9 Å². The molecule has 0 radical (unpaired) electrons. The molecule has 102 valence electrons. The Morgan fingerprint density at radius 3 is 2.95 bits per heavy atom. The predicted molar refractivity (Wildman–Crippen MR) is 68.1 cm³/mol. The van der Waals surface area contributed by atoms with E-state index in [4.69, 9.17) is 9.84 Å². The average molecular weight is 265 g/mol. The van der Waals surface area contributed by atoms with Crippen molar-refractivity contribution in [2.75, 3.05) is 13.7 Å². The third kappa shape index (κ3) is 2.88. The molecule has 0 saturated carbocycles. The normalized spacial score (nSPS) is 12.6. The number of aliphatic hydroxyl groups excluding tert-OH is 2. The van der Waals surface area contributed by atoms with Gasteiger partial charge >= 0.3 is 0 Å². The van der Waals surface area contributed by atoms with Crippen LogP contribution in [0.2, 0.25) is 0 Å². The number of aromatic nitrogens is 3. The van der Waals surface area contributed by atoms with E-state index in [1.165, 1.54) is 17.9 Å². The largest absolute Gasteiger partial charge is 0.481 e. The maximum atomic E-state index is 11.8. The molecule has 2 heterocycles. The smallest absolute Gasteiger partial charge is 0.270 e. The second-order valence-electron chi connectivity index (χ2n) is 4.07. The van der Waals surface area contributed by atoms with E-state index in [0.717, 1.165) is 0 Å². The lowest BCUT2D eigenvalue weighted by Crippen LogP contribution is -2.24. The third-order valence-electron chi connectivity index (χ3n) is 2.77. The fourth-order valence-electron chi connectivity index (χ4n) is 1.72. The molecule has 2 aromatic heterocycles. The van der Waals surface area contributed by atoms with E-state index in [0.29, 0.717) is 17.0 Å². The number of aryl methyl sites for hydroxylation is 1. The van der Waals surface area contributed by atoms with Crippen LogP contribution >= 0.6 is 0 Å². The monoisotopic (exact) mass is 265 g/mol. The molecule has 7 heteroatoms. The van der Waals surface area contributed by atoms with Gasteiger partial charge in [-0.25, -0.2) is 4.98 Å². The van der Waals surface area contributed by atoms with E-state index in [2.05, 4.69) is 9.97 Å². The van der Waals surface area contributed by atoms with Gasteiger partial charge in [0.1, 0.15) is 5.52 Å². The Labute approximate surface area is 109 Å². The summed E-state index contributed by atoms with van der Waals surface area (Å²) in [4.78, 5) is 20.0. The molecule has 2 rings (SSSR count). The van der Waals surface area contributed by atoms with Gasteiger partial charge in [0, 0.05) is 12.6 Å². The first-order valence-electron chi connectivity index (χ1n) is 5.85. The predicted octanol–water partition coefficient (Wildman–Crippen LogP) is -0.457. The van der Waals surface area contributed by atoms with Gasteiger partial charge in [-0.3, -0.25) is 9.36 Å². The van der Waals surface area contributed by atoms with Crippen molar-refractivity contribution in [2.45, 2.75) is 19.1 Å². The Bertz CT molecular complexity index is 626.